The van der Waals surface area contributed by atoms with Gasteiger partial charge in [0, 0.05) is 0 Å². The van der Waals surface area contributed by atoms with E-state index in [-0.39, 0.29) is 0 Å². The monoisotopic (exact) mass is 520 g/mol. The molecule has 0 aromatic carbocycles. The molecule has 0 spiro atoms. The Labute approximate surface area is 157 Å². The fraction of sp³-hybridized carbons (Fsp3) is 0.100. The molecule has 0 bridgehead atoms. The van der Waals surface area contributed by atoms with Crippen LogP contribution in [0.3, 0.4) is 0 Å². The van der Waals surface area contributed by atoms with E-state index in [1.54, 1.807) is 36.4 Å². The van der Waals surface area contributed by atoms with E-state index in [9.17, 15) is 9.59 Å². The van der Waals surface area contributed by atoms with Crippen molar-refractivity contribution in [3.63, 3.8) is 0 Å². The Morgan fingerprint density at radius 1 is 0.800 bits per heavy atom. The number of hydrogen-bond acceptors (Lipinski definition) is 4. The first-order chi connectivity index (χ1) is 12.1. The van der Waals surface area contributed by atoms with Gasteiger partial charge in [-0.1, -0.05) is 0 Å². The minimum absolute atomic E-state index is 0.380. The first-order valence-corrected chi connectivity index (χ1v) is 13.1. The molecule has 2 aromatic heterocycles. The average molecular weight is 519 g/mol. The molecule has 0 saturated heterocycles. The summed E-state index contributed by atoms with van der Waals surface area (Å²) < 4.78 is 12.3. The maximum absolute atomic E-state index is 11.5. The molecule has 0 amide bonds. The van der Waals surface area contributed by atoms with Crippen LogP contribution in [0.15, 0.2) is 67.0 Å². The van der Waals surface area contributed by atoms with Gasteiger partial charge < -0.3 is 0 Å². The van der Waals surface area contributed by atoms with Gasteiger partial charge in [-0.05, 0) is 0 Å². The van der Waals surface area contributed by atoms with Crippen LogP contribution in [-0.2, 0) is 24.6 Å². The van der Waals surface area contributed by atoms with Crippen molar-refractivity contribution < 1.29 is 33.4 Å². The van der Waals surface area contributed by atoms with E-state index >= 15 is 0 Å². The van der Waals surface area contributed by atoms with Gasteiger partial charge >= 0.3 is 158 Å². The summed E-state index contributed by atoms with van der Waals surface area (Å²) in [6.07, 6.45) is 6.98. The quantitative estimate of drug-likeness (QED) is 0.446. The minimum atomic E-state index is -2.00. The van der Waals surface area contributed by atoms with E-state index in [0.29, 0.717) is 11.5 Å². The van der Waals surface area contributed by atoms with Crippen LogP contribution in [0, 0.1) is 23.7 Å². The molecule has 4 nitrogen and oxygen atoms in total. The molecule has 0 radical (unpaired) electrons. The molecule has 0 aliphatic rings. The van der Waals surface area contributed by atoms with Crippen molar-refractivity contribution in [2.75, 3.05) is 0 Å². The van der Waals surface area contributed by atoms with Gasteiger partial charge in [0.25, 0.3) is 0 Å². The third-order valence-corrected chi connectivity index (χ3v) is 10.4. The molecular weight excluding hydrogens is 505 g/mol. The predicted octanol–water partition coefficient (Wildman–Crippen LogP) is 1.48. The number of hydrogen-bond donors (Lipinski definition) is 0. The number of allylic oxidation sites excluding steroid dienone is 4. The van der Waals surface area contributed by atoms with E-state index in [0.717, 1.165) is 6.14 Å². The molecular formula is C20H14HgO4. The summed E-state index contributed by atoms with van der Waals surface area (Å²) >= 11 is -2.00. The second kappa shape index (κ2) is 9.66. The molecule has 0 aliphatic heterocycles. The summed E-state index contributed by atoms with van der Waals surface area (Å²) in [6.45, 7) is 3.72. The first kappa shape index (κ1) is 18.8. The van der Waals surface area contributed by atoms with Crippen molar-refractivity contribution in [2.24, 2.45) is 0 Å². The summed E-state index contributed by atoms with van der Waals surface area (Å²) in [6, 6.07) is 6.28. The molecule has 120 valence electrons. The third-order valence-electron chi connectivity index (χ3n) is 3.08. The molecule has 2 aromatic rings. The van der Waals surface area contributed by atoms with Crippen LogP contribution in [0.4, 0.5) is 0 Å². The van der Waals surface area contributed by atoms with E-state index in [2.05, 4.69) is 23.7 Å². The summed E-state index contributed by atoms with van der Waals surface area (Å²) in [7, 11) is 0. The van der Waals surface area contributed by atoms with Crippen molar-refractivity contribution in [2.45, 2.75) is 13.8 Å². The van der Waals surface area contributed by atoms with Crippen molar-refractivity contribution in [3.8, 4) is 23.7 Å². The summed E-state index contributed by atoms with van der Waals surface area (Å²) in [5.74, 6) is 12.2. The van der Waals surface area contributed by atoms with Crippen LogP contribution >= 0.6 is 0 Å². The van der Waals surface area contributed by atoms with E-state index in [1.165, 1.54) is 12.1 Å². The summed E-state index contributed by atoms with van der Waals surface area (Å²) in [4.78, 5) is 23.0. The van der Waals surface area contributed by atoms with Gasteiger partial charge in [0.2, 0.25) is 0 Å². The zero-order valence-corrected chi connectivity index (χ0v) is 19.5. The molecule has 0 unspecified atom stereocenters. The van der Waals surface area contributed by atoms with Crippen molar-refractivity contribution in [1.82, 2.24) is 0 Å². The fourth-order valence-electron chi connectivity index (χ4n) is 1.97. The van der Waals surface area contributed by atoms with Crippen LogP contribution in [0.1, 0.15) is 25.4 Å². The predicted molar refractivity (Wildman–Crippen MR) is 92.6 cm³/mol. The summed E-state index contributed by atoms with van der Waals surface area (Å²) in [5.41, 5.74) is -0.871. The molecule has 2 heterocycles. The van der Waals surface area contributed by atoms with E-state index in [1.807, 2.05) is 13.8 Å². The molecule has 0 N–H and O–H groups in total. The SMILES string of the molecule is C/C=C/C#Cc1oc(=O)cc[c]1[Hg][c]1ccc(=O)oc1C#C/C=C/C. The topological polar surface area (TPSA) is 60.4 Å². The Hall–Kier alpha value is -2.56. The van der Waals surface area contributed by atoms with Gasteiger partial charge in [0.15, 0.2) is 0 Å². The Balaban J connectivity index is 2.48. The summed E-state index contributed by atoms with van der Waals surface area (Å²) in [5, 5.41) is 0. The van der Waals surface area contributed by atoms with Gasteiger partial charge in [0.05, 0.1) is 0 Å². The molecule has 2 rings (SSSR count). The van der Waals surface area contributed by atoms with E-state index in [4.69, 9.17) is 8.83 Å². The van der Waals surface area contributed by atoms with Crippen LogP contribution in [0.2, 0.25) is 0 Å². The van der Waals surface area contributed by atoms with Crippen molar-refractivity contribution >= 4 is 6.14 Å². The van der Waals surface area contributed by atoms with Crippen LogP contribution < -0.4 is 17.4 Å². The van der Waals surface area contributed by atoms with Gasteiger partial charge in [-0.15, -0.1) is 0 Å². The molecule has 25 heavy (non-hydrogen) atoms. The zero-order chi connectivity index (χ0) is 18.1. The van der Waals surface area contributed by atoms with Crippen molar-refractivity contribution in [3.05, 3.63) is 80.9 Å². The fourth-order valence-corrected chi connectivity index (χ4v) is 7.89. The van der Waals surface area contributed by atoms with E-state index < -0.39 is 35.8 Å². The van der Waals surface area contributed by atoms with Crippen LogP contribution in [0.5, 0.6) is 0 Å². The Bertz CT molecular complexity index is 962. The standard InChI is InChI=1S/2C10H7O2.Hg/c2*1-2-3-4-6-9-7-5-8-10(11)12-9;/h2*2-3,5,8H,1H3;/b2*3-2+;. The van der Waals surface area contributed by atoms with Crippen LogP contribution in [-0.4, -0.2) is 0 Å². The molecule has 5 heteroatoms. The van der Waals surface area contributed by atoms with Gasteiger partial charge in [-0.2, -0.15) is 0 Å². The molecule has 0 atom stereocenters. The normalized spacial score (nSPS) is 10.0. The van der Waals surface area contributed by atoms with Gasteiger partial charge in [-0.3, -0.25) is 0 Å². The Kier molecular flexibility index (Phi) is 7.25. The molecule has 0 aliphatic carbocycles. The zero-order valence-electron chi connectivity index (χ0n) is 14.0. The molecule has 0 fully saturated rings. The average Bonchev–Trinajstić information content (AvgIpc) is 2.59. The second-order valence-corrected chi connectivity index (χ2v) is 12.2. The van der Waals surface area contributed by atoms with Crippen LogP contribution in [0.25, 0.3) is 0 Å². The maximum atomic E-state index is 11.5. The van der Waals surface area contributed by atoms with Crippen molar-refractivity contribution in [1.29, 1.82) is 0 Å². The number of rotatable bonds is 2. The van der Waals surface area contributed by atoms with Gasteiger partial charge in [0.1, 0.15) is 0 Å². The second-order valence-electron chi connectivity index (χ2n) is 4.93. The van der Waals surface area contributed by atoms with Gasteiger partial charge in [-0.25, -0.2) is 0 Å². The first-order valence-electron chi connectivity index (χ1n) is 7.65. The third kappa shape index (κ3) is 5.78. The Morgan fingerprint density at radius 3 is 1.64 bits per heavy atom. The molecule has 0 saturated carbocycles. The Morgan fingerprint density at radius 2 is 1.24 bits per heavy atom.